The van der Waals surface area contributed by atoms with Gasteiger partial charge in [0.15, 0.2) is 5.82 Å². The molecule has 2 rings (SSSR count). The molecule has 106 valence electrons. The van der Waals surface area contributed by atoms with Gasteiger partial charge in [0, 0.05) is 24.8 Å². The Hall–Kier alpha value is -1.41. The second kappa shape index (κ2) is 5.30. The zero-order valence-electron chi connectivity index (χ0n) is 11.0. The highest BCUT2D eigenvalue weighted by atomic mass is 32.2. The zero-order chi connectivity index (χ0) is 14.0. The van der Waals surface area contributed by atoms with Gasteiger partial charge in [0.05, 0.1) is 12.2 Å². The maximum absolute atomic E-state index is 12.1. The molecule has 1 fully saturated rings. The summed E-state index contributed by atoms with van der Waals surface area (Å²) in [6, 6.07) is 1.73. The number of aromatic amines is 1. The van der Waals surface area contributed by atoms with E-state index < -0.39 is 10.0 Å². The lowest BCUT2D eigenvalue weighted by atomic mass is 9.99. The Bertz CT molecular complexity index is 566. The third-order valence-corrected chi connectivity index (χ3v) is 4.45. The topological polar surface area (TPSA) is 95.2 Å². The van der Waals surface area contributed by atoms with Crippen LogP contribution in [0.15, 0.2) is 6.07 Å². The Morgan fingerprint density at radius 1 is 1.58 bits per heavy atom. The molecule has 1 unspecified atom stereocenters. The number of carbonyl (C=O) groups is 1. The molecule has 0 bridgehead atoms. The van der Waals surface area contributed by atoms with Crippen LogP contribution in [-0.4, -0.2) is 48.2 Å². The lowest BCUT2D eigenvalue weighted by Gasteiger charge is -2.29. The van der Waals surface area contributed by atoms with Crippen LogP contribution in [-0.2, 0) is 14.8 Å². The first-order valence-corrected chi connectivity index (χ1v) is 7.99. The number of rotatable bonds is 3. The Morgan fingerprint density at radius 2 is 2.32 bits per heavy atom. The highest BCUT2D eigenvalue weighted by Crippen LogP contribution is 2.20. The van der Waals surface area contributed by atoms with Crippen LogP contribution in [0.4, 0.5) is 5.82 Å². The van der Waals surface area contributed by atoms with Crippen LogP contribution in [0.5, 0.6) is 0 Å². The van der Waals surface area contributed by atoms with Crippen molar-refractivity contribution in [1.82, 2.24) is 14.5 Å². The molecule has 0 aromatic carbocycles. The fraction of sp³-hybridized carbons (Fsp3) is 0.636. The van der Waals surface area contributed by atoms with E-state index in [-0.39, 0.29) is 18.4 Å². The molecule has 1 aromatic heterocycles. The van der Waals surface area contributed by atoms with Gasteiger partial charge in [-0.25, -0.2) is 12.7 Å². The average Bonchev–Trinajstić information content (AvgIpc) is 2.74. The molecular weight excluding hydrogens is 268 g/mol. The third-order valence-electron chi connectivity index (χ3n) is 3.18. The van der Waals surface area contributed by atoms with Crippen LogP contribution in [0.25, 0.3) is 0 Å². The van der Waals surface area contributed by atoms with E-state index >= 15 is 0 Å². The zero-order valence-corrected chi connectivity index (χ0v) is 11.8. The Morgan fingerprint density at radius 3 is 2.89 bits per heavy atom. The summed E-state index contributed by atoms with van der Waals surface area (Å²) in [5.74, 6) is -0.0284. The molecule has 0 saturated carbocycles. The van der Waals surface area contributed by atoms with E-state index in [9.17, 15) is 13.2 Å². The monoisotopic (exact) mass is 286 g/mol. The molecule has 0 spiro atoms. The number of aryl methyl sites for hydroxylation is 1. The molecule has 1 aliphatic heterocycles. The highest BCUT2D eigenvalue weighted by molar-refractivity contribution is 7.88. The lowest BCUT2D eigenvalue weighted by molar-refractivity contribution is -0.120. The molecule has 0 radical (unpaired) electrons. The van der Waals surface area contributed by atoms with Crippen LogP contribution in [0.1, 0.15) is 18.5 Å². The van der Waals surface area contributed by atoms with Gasteiger partial charge in [0.2, 0.25) is 15.9 Å². The van der Waals surface area contributed by atoms with E-state index in [1.807, 2.05) is 6.92 Å². The normalized spacial score (nSPS) is 21.3. The van der Waals surface area contributed by atoms with Crippen LogP contribution in [0.3, 0.4) is 0 Å². The maximum atomic E-state index is 12.1. The molecule has 8 heteroatoms. The molecule has 1 amide bonds. The van der Waals surface area contributed by atoms with Gasteiger partial charge in [-0.1, -0.05) is 0 Å². The summed E-state index contributed by atoms with van der Waals surface area (Å²) >= 11 is 0. The minimum Gasteiger partial charge on any atom is -0.309 e. The van der Waals surface area contributed by atoms with Crippen molar-refractivity contribution in [3.63, 3.8) is 0 Å². The van der Waals surface area contributed by atoms with Crippen molar-refractivity contribution in [2.45, 2.75) is 19.8 Å². The summed E-state index contributed by atoms with van der Waals surface area (Å²) in [4.78, 5) is 12.1. The predicted molar refractivity (Wildman–Crippen MR) is 71.1 cm³/mol. The molecule has 7 nitrogen and oxygen atoms in total. The number of aromatic nitrogens is 2. The predicted octanol–water partition coefficient (Wildman–Crippen LogP) is 0.328. The standard InChI is InChI=1S/C11H18N4O3S/c1-8-6-10(14-13-8)12-11(16)9-4-3-5-15(7-9)19(2,17)18/h6,9H,3-5,7H2,1-2H3,(H2,12,13,14,16). The molecule has 2 heterocycles. The van der Waals surface area contributed by atoms with Crippen LogP contribution in [0.2, 0.25) is 0 Å². The lowest BCUT2D eigenvalue weighted by Crippen LogP contribution is -2.43. The number of carbonyl (C=O) groups excluding carboxylic acids is 1. The minimum atomic E-state index is -3.23. The summed E-state index contributed by atoms with van der Waals surface area (Å²) in [6.07, 6.45) is 2.57. The molecule has 1 saturated heterocycles. The summed E-state index contributed by atoms with van der Waals surface area (Å²) in [6.45, 7) is 2.58. The summed E-state index contributed by atoms with van der Waals surface area (Å²) < 4.78 is 24.3. The summed E-state index contributed by atoms with van der Waals surface area (Å²) in [5, 5.41) is 9.37. The van der Waals surface area contributed by atoms with Crippen LogP contribution < -0.4 is 5.32 Å². The molecule has 2 N–H and O–H groups in total. The van der Waals surface area contributed by atoms with Crippen molar-refractivity contribution >= 4 is 21.7 Å². The molecule has 1 atom stereocenters. The number of nitrogens with one attached hydrogen (secondary N) is 2. The summed E-state index contributed by atoms with van der Waals surface area (Å²) in [7, 11) is -3.23. The third kappa shape index (κ3) is 3.54. The fourth-order valence-electron chi connectivity index (χ4n) is 2.17. The largest absolute Gasteiger partial charge is 0.309 e. The quantitative estimate of drug-likeness (QED) is 0.837. The van der Waals surface area contributed by atoms with Crippen molar-refractivity contribution in [2.75, 3.05) is 24.7 Å². The van der Waals surface area contributed by atoms with Crippen molar-refractivity contribution in [2.24, 2.45) is 5.92 Å². The first-order valence-electron chi connectivity index (χ1n) is 6.14. The van der Waals surface area contributed by atoms with E-state index in [1.165, 1.54) is 10.6 Å². The Labute approximate surface area is 112 Å². The Balaban J connectivity index is 1.99. The molecule has 1 aromatic rings. The second-order valence-corrected chi connectivity index (χ2v) is 6.87. The van der Waals surface area contributed by atoms with Crippen LogP contribution >= 0.6 is 0 Å². The van der Waals surface area contributed by atoms with Crippen LogP contribution in [0, 0.1) is 12.8 Å². The van der Waals surface area contributed by atoms with Gasteiger partial charge in [0.1, 0.15) is 0 Å². The number of piperidine rings is 1. The SMILES string of the molecule is Cc1cc(NC(=O)C2CCCN(S(C)(=O)=O)C2)n[nH]1. The Kier molecular flexibility index (Phi) is 3.91. The van der Waals surface area contributed by atoms with Gasteiger partial charge in [-0.15, -0.1) is 0 Å². The van der Waals surface area contributed by atoms with Crippen molar-refractivity contribution in [1.29, 1.82) is 0 Å². The molecular formula is C11H18N4O3S. The molecule has 0 aliphatic carbocycles. The van der Waals surface area contributed by atoms with Gasteiger partial charge in [0.25, 0.3) is 0 Å². The fourth-order valence-corrected chi connectivity index (χ4v) is 3.08. The van der Waals surface area contributed by atoms with E-state index in [1.54, 1.807) is 6.07 Å². The number of sulfonamides is 1. The van der Waals surface area contributed by atoms with E-state index in [2.05, 4.69) is 15.5 Å². The van der Waals surface area contributed by atoms with E-state index in [0.717, 1.165) is 5.69 Å². The minimum absolute atomic E-state index is 0.181. The number of anilines is 1. The van der Waals surface area contributed by atoms with E-state index in [4.69, 9.17) is 0 Å². The van der Waals surface area contributed by atoms with Gasteiger partial charge in [-0.2, -0.15) is 5.10 Å². The average molecular weight is 286 g/mol. The van der Waals surface area contributed by atoms with E-state index in [0.29, 0.717) is 25.2 Å². The van der Waals surface area contributed by atoms with Gasteiger partial charge < -0.3 is 5.32 Å². The summed E-state index contributed by atoms with van der Waals surface area (Å²) in [5.41, 5.74) is 0.858. The molecule has 1 aliphatic rings. The number of H-pyrrole nitrogens is 1. The van der Waals surface area contributed by atoms with Gasteiger partial charge in [-0.3, -0.25) is 9.89 Å². The number of hydrogen-bond donors (Lipinski definition) is 2. The second-order valence-electron chi connectivity index (χ2n) is 4.89. The van der Waals surface area contributed by atoms with Crippen molar-refractivity contribution in [3.8, 4) is 0 Å². The maximum Gasteiger partial charge on any atom is 0.230 e. The van der Waals surface area contributed by atoms with Gasteiger partial charge in [-0.05, 0) is 19.8 Å². The first kappa shape index (κ1) is 14.0. The first-order chi connectivity index (χ1) is 8.86. The van der Waals surface area contributed by atoms with Gasteiger partial charge >= 0.3 is 0 Å². The number of amides is 1. The van der Waals surface area contributed by atoms with Crippen molar-refractivity contribution in [3.05, 3.63) is 11.8 Å². The van der Waals surface area contributed by atoms with Crippen molar-refractivity contribution < 1.29 is 13.2 Å². The number of hydrogen-bond acceptors (Lipinski definition) is 4. The molecule has 19 heavy (non-hydrogen) atoms. The number of nitrogens with zero attached hydrogens (tertiary/aromatic N) is 2. The highest BCUT2D eigenvalue weighted by Gasteiger charge is 2.30. The smallest absolute Gasteiger partial charge is 0.230 e.